The normalized spacial score (nSPS) is 12.5. The maximum absolute atomic E-state index is 13.9. The Kier molecular flexibility index (Phi) is 12.3. The minimum absolute atomic E-state index is 0.619. The number of rotatable bonds is 15. The van der Waals surface area contributed by atoms with E-state index >= 15 is 0 Å². The lowest BCUT2D eigenvalue weighted by atomic mass is 10.4. The van der Waals surface area contributed by atoms with Crippen molar-refractivity contribution >= 4 is 36.9 Å². The predicted octanol–water partition coefficient (Wildman–Crippen LogP) is 6.38. The topological polar surface area (TPSA) is 59.9 Å². The highest BCUT2D eigenvalue weighted by atomic mass is 32.2. The van der Waals surface area contributed by atoms with Crippen molar-refractivity contribution in [1.82, 2.24) is 9.97 Å². The standard InChI is InChI=1S/C21H40N2O2P2S/c1-6-10-14-26(24,15-11-7-2)19-18-20(23-21(22-19)28-5)27(25,16-12-8-3)17-13-9-4/h18H,6-17H2,1-5H3. The van der Waals surface area contributed by atoms with Crippen LogP contribution in [0, 0.1) is 0 Å². The van der Waals surface area contributed by atoms with E-state index in [2.05, 4.69) is 37.7 Å². The Morgan fingerprint density at radius 1 is 0.714 bits per heavy atom. The van der Waals surface area contributed by atoms with Crippen LogP contribution in [0.4, 0.5) is 0 Å². The molecule has 162 valence electrons. The summed E-state index contributed by atoms with van der Waals surface area (Å²) in [7, 11) is -5.16. The summed E-state index contributed by atoms with van der Waals surface area (Å²) in [6, 6.07) is 1.87. The Morgan fingerprint density at radius 3 is 1.29 bits per heavy atom. The van der Waals surface area contributed by atoms with Crippen molar-refractivity contribution in [2.24, 2.45) is 0 Å². The molecule has 0 aliphatic carbocycles. The van der Waals surface area contributed by atoms with Crippen LogP contribution >= 0.6 is 26.0 Å². The van der Waals surface area contributed by atoms with E-state index in [1.807, 2.05) is 12.3 Å². The van der Waals surface area contributed by atoms with Gasteiger partial charge in [0, 0.05) is 24.6 Å². The molecule has 0 N–H and O–H groups in total. The zero-order chi connectivity index (χ0) is 21.0. The zero-order valence-corrected chi connectivity index (χ0v) is 21.2. The molecule has 0 spiro atoms. The second-order valence-electron chi connectivity index (χ2n) is 7.66. The summed E-state index contributed by atoms with van der Waals surface area (Å²) in [5, 5.41) is 0.619. The molecule has 0 fully saturated rings. The summed E-state index contributed by atoms with van der Waals surface area (Å²) in [6.07, 6.45) is 12.6. The lowest BCUT2D eigenvalue weighted by Gasteiger charge is -2.22. The maximum Gasteiger partial charge on any atom is 0.188 e. The predicted molar refractivity (Wildman–Crippen MR) is 127 cm³/mol. The van der Waals surface area contributed by atoms with Crippen LogP contribution in [-0.2, 0) is 9.13 Å². The van der Waals surface area contributed by atoms with Crippen molar-refractivity contribution in [1.29, 1.82) is 0 Å². The Morgan fingerprint density at radius 2 is 1.04 bits per heavy atom. The van der Waals surface area contributed by atoms with E-state index in [9.17, 15) is 9.13 Å². The van der Waals surface area contributed by atoms with E-state index in [1.54, 1.807) is 0 Å². The van der Waals surface area contributed by atoms with Crippen molar-refractivity contribution in [2.75, 3.05) is 30.9 Å². The van der Waals surface area contributed by atoms with E-state index in [0.29, 0.717) is 40.7 Å². The fraction of sp³-hybridized carbons (Fsp3) is 0.810. The van der Waals surface area contributed by atoms with E-state index in [-0.39, 0.29) is 0 Å². The molecule has 1 aromatic rings. The van der Waals surface area contributed by atoms with Gasteiger partial charge in [-0.1, -0.05) is 65.1 Å². The van der Waals surface area contributed by atoms with Crippen molar-refractivity contribution in [3.8, 4) is 0 Å². The Balaban J connectivity index is 3.44. The van der Waals surface area contributed by atoms with Gasteiger partial charge in [0.1, 0.15) is 25.2 Å². The molecule has 0 aliphatic rings. The van der Waals surface area contributed by atoms with Gasteiger partial charge >= 0.3 is 0 Å². The molecule has 0 aromatic carbocycles. The number of thioether (sulfide) groups is 1. The smallest absolute Gasteiger partial charge is 0.188 e. The molecule has 4 nitrogen and oxygen atoms in total. The molecule has 0 unspecified atom stereocenters. The van der Waals surface area contributed by atoms with Gasteiger partial charge < -0.3 is 9.13 Å². The van der Waals surface area contributed by atoms with Gasteiger partial charge in [0.15, 0.2) is 5.16 Å². The van der Waals surface area contributed by atoms with Gasteiger partial charge in [-0.25, -0.2) is 9.97 Å². The SMILES string of the molecule is CCCCP(=O)(CCCC)c1cc(P(=O)(CCCC)CCCC)nc(SC)n1. The molecule has 0 saturated carbocycles. The number of aromatic nitrogens is 2. The average molecular weight is 447 g/mol. The molecular weight excluding hydrogens is 406 g/mol. The molecule has 1 aromatic heterocycles. The van der Waals surface area contributed by atoms with Gasteiger partial charge in [0.2, 0.25) is 0 Å². The molecule has 1 rings (SSSR count). The lowest BCUT2D eigenvalue weighted by molar-refractivity contribution is 0.575. The van der Waals surface area contributed by atoms with Crippen molar-refractivity contribution in [3.05, 3.63) is 6.07 Å². The van der Waals surface area contributed by atoms with E-state index in [0.717, 1.165) is 51.4 Å². The third-order valence-corrected chi connectivity index (χ3v) is 12.0. The first-order chi connectivity index (χ1) is 13.4. The molecule has 0 radical (unpaired) electrons. The van der Waals surface area contributed by atoms with Crippen LogP contribution < -0.4 is 10.9 Å². The van der Waals surface area contributed by atoms with E-state index < -0.39 is 14.3 Å². The van der Waals surface area contributed by atoms with E-state index in [4.69, 9.17) is 0 Å². The van der Waals surface area contributed by atoms with E-state index in [1.165, 1.54) is 11.8 Å². The summed E-state index contributed by atoms with van der Waals surface area (Å²) in [5.41, 5.74) is 1.36. The molecular formula is C21H40N2O2P2S. The van der Waals surface area contributed by atoms with Crippen LogP contribution in [0.5, 0.6) is 0 Å². The van der Waals surface area contributed by atoms with Gasteiger partial charge in [0.05, 0.1) is 0 Å². The molecule has 28 heavy (non-hydrogen) atoms. The molecule has 0 amide bonds. The summed E-state index contributed by atoms with van der Waals surface area (Å²) < 4.78 is 27.8. The number of nitrogens with zero attached hydrogens (tertiary/aromatic N) is 2. The largest absolute Gasteiger partial charge is 0.317 e. The lowest BCUT2D eigenvalue weighted by Crippen LogP contribution is -2.25. The molecule has 0 saturated heterocycles. The zero-order valence-electron chi connectivity index (χ0n) is 18.6. The minimum atomic E-state index is -2.58. The Bertz CT molecular complexity index is 606. The average Bonchev–Trinajstić information content (AvgIpc) is 2.72. The van der Waals surface area contributed by atoms with Crippen molar-refractivity contribution in [3.63, 3.8) is 0 Å². The molecule has 0 atom stereocenters. The van der Waals surface area contributed by atoms with Gasteiger partial charge in [0.25, 0.3) is 0 Å². The summed E-state index contributed by atoms with van der Waals surface area (Å²) in [6.45, 7) is 8.53. The fourth-order valence-electron chi connectivity index (χ4n) is 3.25. The molecule has 7 heteroatoms. The highest BCUT2D eigenvalue weighted by Gasteiger charge is 2.31. The number of hydrogen-bond acceptors (Lipinski definition) is 5. The number of unbranched alkanes of at least 4 members (excludes halogenated alkanes) is 4. The Labute approximate surface area is 177 Å². The highest BCUT2D eigenvalue weighted by molar-refractivity contribution is 7.98. The van der Waals surface area contributed by atoms with Gasteiger partial charge in [-0.2, -0.15) is 0 Å². The maximum atomic E-state index is 13.9. The number of hydrogen-bond donors (Lipinski definition) is 0. The van der Waals surface area contributed by atoms with Crippen LogP contribution in [0.3, 0.4) is 0 Å². The Hall–Kier alpha value is -0.110. The molecule has 0 bridgehead atoms. The summed E-state index contributed by atoms with van der Waals surface area (Å²) in [4.78, 5) is 9.34. The van der Waals surface area contributed by atoms with Crippen molar-refractivity contribution in [2.45, 2.75) is 84.2 Å². The molecule has 1 heterocycles. The van der Waals surface area contributed by atoms with Gasteiger partial charge in [-0.05, 0) is 38.0 Å². The quantitative estimate of drug-likeness (QED) is 0.178. The fourth-order valence-corrected chi connectivity index (χ4v) is 9.80. The summed E-state index contributed by atoms with van der Waals surface area (Å²) >= 11 is 1.46. The monoisotopic (exact) mass is 446 g/mol. The van der Waals surface area contributed by atoms with Crippen LogP contribution in [0.1, 0.15) is 79.1 Å². The third-order valence-electron chi connectivity index (χ3n) is 5.19. The summed E-state index contributed by atoms with van der Waals surface area (Å²) in [5.74, 6) is 0. The minimum Gasteiger partial charge on any atom is -0.317 e. The second kappa shape index (κ2) is 13.2. The van der Waals surface area contributed by atoms with Crippen LogP contribution in [0.2, 0.25) is 0 Å². The van der Waals surface area contributed by atoms with Crippen LogP contribution in [0.15, 0.2) is 11.2 Å². The first-order valence-electron chi connectivity index (χ1n) is 11.0. The highest BCUT2D eigenvalue weighted by Crippen LogP contribution is 2.49. The first kappa shape index (κ1) is 25.9. The van der Waals surface area contributed by atoms with Gasteiger partial charge in [-0.3, -0.25) is 0 Å². The first-order valence-corrected chi connectivity index (χ1v) is 16.4. The van der Waals surface area contributed by atoms with Gasteiger partial charge in [-0.15, -0.1) is 0 Å². The van der Waals surface area contributed by atoms with Crippen LogP contribution in [0.25, 0.3) is 0 Å². The van der Waals surface area contributed by atoms with Crippen LogP contribution in [-0.4, -0.2) is 40.9 Å². The van der Waals surface area contributed by atoms with Crippen molar-refractivity contribution < 1.29 is 9.13 Å². The third kappa shape index (κ3) is 7.62. The second-order valence-corrected chi connectivity index (χ2v) is 14.7. The molecule has 0 aliphatic heterocycles.